The molecule has 0 aliphatic rings. The first-order valence-electron chi connectivity index (χ1n) is 4.64. The van der Waals surface area contributed by atoms with Crippen molar-refractivity contribution < 1.29 is 4.79 Å². The molecule has 0 saturated heterocycles. The van der Waals surface area contributed by atoms with Gasteiger partial charge in [-0.3, -0.25) is 4.79 Å². The molecule has 0 bridgehead atoms. The van der Waals surface area contributed by atoms with Crippen LogP contribution in [-0.2, 0) is 0 Å². The molecule has 0 spiro atoms. The Kier molecular flexibility index (Phi) is 4.47. The Hall–Kier alpha value is -1.02. The number of benzene rings is 1. The van der Waals surface area contributed by atoms with Gasteiger partial charge >= 0.3 is 0 Å². The number of hydrogen-bond donors (Lipinski definition) is 1. The van der Waals surface area contributed by atoms with E-state index in [4.69, 9.17) is 11.6 Å². The molecule has 1 rings (SSSR count). The van der Waals surface area contributed by atoms with E-state index < -0.39 is 0 Å². The van der Waals surface area contributed by atoms with Gasteiger partial charge in [-0.2, -0.15) is 0 Å². The van der Waals surface area contributed by atoms with E-state index in [1.54, 1.807) is 12.1 Å². The van der Waals surface area contributed by atoms with Crippen LogP contribution in [0.25, 0.3) is 0 Å². The van der Waals surface area contributed by atoms with E-state index in [0.29, 0.717) is 17.5 Å². The quantitative estimate of drug-likeness (QED) is 0.600. The minimum atomic E-state index is 0.356. The number of nitrogens with one attached hydrogen (secondary N) is 1. The van der Waals surface area contributed by atoms with Gasteiger partial charge in [0.1, 0.15) is 6.29 Å². The molecule has 1 atom stereocenters. The number of aldehydes is 1. The summed E-state index contributed by atoms with van der Waals surface area (Å²) in [5.41, 5.74) is 1.72. The Morgan fingerprint density at radius 3 is 2.57 bits per heavy atom. The molecule has 0 aliphatic heterocycles. The first kappa shape index (κ1) is 11.1. The Balaban J connectivity index is 2.55. The summed E-state index contributed by atoms with van der Waals surface area (Å²) in [5, 5.41) is 3.29. The highest BCUT2D eigenvalue weighted by Gasteiger charge is 2.00. The maximum Gasteiger partial charge on any atom is 0.150 e. The molecule has 76 valence electrons. The first-order chi connectivity index (χ1) is 6.76. The van der Waals surface area contributed by atoms with Crippen LogP contribution in [0.1, 0.15) is 23.7 Å². The lowest BCUT2D eigenvalue weighted by atomic mass is 10.2. The molecule has 3 heteroatoms. The van der Waals surface area contributed by atoms with Gasteiger partial charge in [0.25, 0.3) is 0 Å². The summed E-state index contributed by atoms with van der Waals surface area (Å²) < 4.78 is 0. The van der Waals surface area contributed by atoms with E-state index in [9.17, 15) is 4.79 Å². The van der Waals surface area contributed by atoms with Crippen LogP contribution in [0.5, 0.6) is 0 Å². The predicted octanol–water partition coefficient (Wildman–Crippen LogP) is 2.93. The average molecular weight is 212 g/mol. The molecule has 1 aromatic rings. The Labute approximate surface area is 89.3 Å². The lowest BCUT2D eigenvalue weighted by molar-refractivity contribution is 0.112. The zero-order chi connectivity index (χ0) is 10.4. The normalized spacial score (nSPS) is 12.1. The minimum absolute atomic E-state index is 0.356. The molecule has 2 nitrogen and oxygen atoms in total. The number of rotatable bonds is 5. The Morgan fingerprint density at radius 2 is 2.07 bits per heavy atom. The fraction of sp³-hybridized carbons (Fsp3) is 0.364. The summed E-state index contributed by atoms with van der Waals surface area (Å²) in [5.74, 6) is 0.653. The molecule has 0 unspecified atom stereocenters. The molecule has 0 aromatic heterocycles. The van der Waals surface area contributed by atoms with Gasteiger partial charge in [0.2, 0.25) is 0 Å². The zero-order valence-corrected chi connectivity index (χ0v) is 8.92. The monoisotopic (exact) mass is 211 g/mol. The van der Waals surface area contributed by atoms with Crippen molar-refractivity contribution in [2.45, 2.75) is 19.4 Å². The van der Waals surface area contributed by atoms with Crippen molar-refractivity contribution in [2.75, 3.05) is 11.2 Å². The van der Waals surface area contributed by atoms with Gasteiger partial charge in [-0.15, -0.1) is 11.6 Å². The molecule has 1 aromatic carbocycles. The SMILES string of the molecule is C[C@H](CCCl)Nc1ccc(C=O)cc1. The summed E-state index contributed by atoms with van der Waals surface area (Å²) in [6, 6.07) is 7.74. The highest BCUT2D eigenvalue weighted by atomic mass is 35.5. The van der Waals surface area contributed by atoms with Crippen LogP contribution in [0, 0.1) is 0 Å². The summed E-state index contributed by atoms with van der Waals surface area (Å²) in [7, 11) is 0. The first-order valence-corrected chi connectivity index (χ1v) is 5.17. The van der Waals surface area contributed by atoms with Crippen LogP contribution in [0.15, 0.2) is 24.3 Å². The van der Waals surface area contributed by atoms with Gasteiger partial charge in [-0.05, 0) is 37.6 Å². The highest BCUT2D eigenvalue weighted by Crippen LogP contribution is 2.10. The third-order valence-corrected chi connectivity index (χ3v) is 2.22. The lowest BCUT2D eigenvalue weighted by Crippen LogP contribution is -2.15. The second kappa shape index (κ2) is 5.66. The van der Waals surface area contributed by atoms with Crippen molar-refractivity contribution in [1.82, 2.24) is 0 Å². The molecule has 0 heterocycles. The topological polar surface area (TPSA) is 29.1 Å². The van der Waals surface area contributed by atoms with Crippen LogP contribution in [0.4, 0.5) is 5.69 Å². The average Bonchev–Trinajstić information content (AvgIpc) is 2.19. The van der Waals surface area contributed by atoms with Gasteiger partial charge in [0.05, 0.1) is 0 Å². The molecular formula is C11H14ClNO. The summed E-state index contributed by atoms with van der Waals surface area (Å²) >= 11 is 5.62. The smallest absolute Gasteiger partial charge is 0.150 e. The van der Waals surface area contributed by atoms with Crippen molar-refractivity contribution in [2.24, 2.45) is 0 Å². The van der Waals surface area contributed by atoms with E-state index in [0.717, 1.165) is 18.4 Å². The second-order valence-electron chi connectivity index (χ2n) is 3.26. The van der Waals surface area contributed by atoms with Gasteiger partial charge in [-0.1, -0.05) is 0 Å². The molecule has 0 aliphatic carbocycles. The van der Waals surface area contributed by atoms with E-state index in [-0.39, 0.29) is 0 Å². The van der Waals surface area contributed by atoms with Gasteiger partial charge in [0.15, 0.2) is 0 Å². The minimum Gasteiger partial charge on any atom is -0.383 e. The Bertz CT molecular complexity index is 284. The molecule has 1 N–H and O–H groups in total. The molecule has 14 heavy (non-hydrogen) atoms. The number of alkyl halides is 1. The highest BCUT2D eigenvalue weighted by molar-refractivity contribution is 6.17. The number of hydrogen-bond acceptors (Lipinski definition) is 2. The lowest BCUT2D eigenvalue weighted by Gasteiger charge is -2.13. The van der Waals surface area contributed by atoms with Gasteiger partial charge < -0.3 is 5.32 Å². The van der Waals surface area contributed by atoms with E-state index in [1.165, 1.54) is 0 Å². The second-order valence-corrected chi connectivity index (χ2v) is 3.64. The summed E-state index contributed by atoms with van der Waals surface area (Å²) in [6.07, 6.45) is 1.77. The zero-order valence-electron chi connectivity index (χ0n) is 8.16. The van der Waals surface area contributed by atoms with Gasteiger partial charge in [0, 0.05) is 23.2 Å². The van der Waals surface area contributed by atoms with Crippen LogP contribution >= 0.6 is 11.6 Å². The van der Waals surface area contributed by atoms with Crippen molar-refractivity contribution in [3.05, 3.63) is 29.8 Å². The van der Waals surface area contributed by atoms with E-state index in [1.807, 2.05) is 12.1 Å². The third-order valence-electron chi connectivity index (χ3n) is 2.00. The number of halogens is 1. The van der Waals surface area contributed by atoms with Crippen LogP contribution in [-0.4, -0.2) is 18.2 Å². The molecule has 0 amide bonds. The maximum absolute atomic E-state index is 10.4. The Morgan fingerprint density at radius 1 is 1.43 bits per heavy atom. The maximum atomic E-state index is 10.4. The number of carbonyl (C=O) groups is 1. The summed E-state index contributed by atoms with van der Waals surface area (Å²) in [6.45, 7) is 2.08. The number of carbonyl (C=O) groups excluding carboxylic acids is 1. The van der Waals surface area contributed by atoms with Crippen molar-refractivity contribution in [3.8, 4) is 0 Å². The van der Waals surface area contributed by atoms with E-state index >= 15 is 0 Å². The van der Waals surface area contributed by atoms with E-state index in [2.05, 4.69) is 12.2 Å². The van der Waals surface area contributed by atoms with Gasteiger partial charge in [-0.25, -0.2) is 0 Å². The van der Waals surface area contributed by atoms with Crippen LogP contribution < -0.4 is 5.32 Å². The molecule has 0 radical (unpaired) electrons. The van der Waals surface area contributed by atoms with Crippen molar-refractivity contribution in [3.63, 3.8) is 0 Å². The van der Waals surface area contributed by atoms with Crippen molar-refractivity contribution >= 4 is 23.6 Å². The van der Waals surface area contributed by atoms with Crippen molar-refractivity contribution in [1.29, 1.82) is 0 Å². The summed E-state index contributed by atoms with van der Waals surface area (Å²) in [4.78, 5) is 10.4. The fourth-order valence-corrected chi connectivity index (χ4v) is 1.51. The fourth-order valence-electron chi connectivity index (χ4n) is 1.18. The largest absolute Gasteiger partial charge is 0.383 e. The molecule has 0 saturated carbocycles. The predicted molar refractivity (Wildman–Crippen MR) is 60.3 cm³/mol. The standard InChI is InChI=1S/C11H14ClNO/c1-9(6-7-12)13-11-4-2-10(8-14)3-5-11/h2-5,8-9,13H,6-7H2,1H3/t9-/m1/s1. The third kappa shape index (κ3) is 3.38. The molecular weight excluding hydrogens is 198 g/mol. The number of anilines is 1. The van der Waals surface area contributed by atoms with Crippen LogP contribution in [0.2, 0.25) is 0 Å². The molecule has 0 fully saturated rings. The van der Waals surface area contributed by atoms with Crippen LogP contribution in [0.3, 0.4) is 0 Å².